The maximum atomic E-state index is 6.08. The standard InChI is InChI=1S/C10H20N2/c11-10(9-3-4-9)6-8-2-1-5-12-7-8/h8-10,12H,1-7,11H2. The molecule has 1 saturated heterocycles. The summed E-state index contributed by atoms with van der Waals surface area (Å²) in [5.74, 6) is 1.75. The highest BCUT2D eigenvalue weighted by Crippen LogP contribution is 2.34. The molecule has 1 heterocycles. The summed E-state index contributed by atoms with van der Waals surface area (Å²) in [6.07, 6.45) is 6.79. The van der Waals surface area contributed by atoms with E-state index in [0.717, 1.165) is 11.8 Å². The van der Waals surface area contributed by atoms with E-state index >= 15 is 0 Å². The molecule has 0 aromatic carbocycles. The van der Waals surface area contributed by atoms with Crippen molar-refractivity contribution in [3.8, 4) is 0 Å². The monoisotopic (exact) mass is 168 g/mol. The fourth-order valence-electron chi connectivity index (χ4n) is 2.23. The van der Waals surface area contributed by atoms with Crippen molar-refractivity contribution in [3.05, 3.63) is 0 Å². The molecule has 2 unspecified atom stereocenters. The normalized spacial score (nSPS) is 33.2. The summed E-state index contributed by atoms with van der Waals surface area (Å²) < 4.78 is 0. The molecule has 2 atom stereocenters. The smallest absolute Gasteiger partial charge is 0.00702 e. The van der Waals surface area contributed by atoms with Crippen LogP contribution in [0.15, 0.2) is 0 Å². The van der Waals surface area contributed by atoms with Crippen molar-refractivity contribution in [2.24, 2.45) is 17.6 Å². The minimum atomic E-state index is 0.509. The molecular weight excluding hydrogens is 148 g/mol. The van der Waals surface area contributed by atoms with Gasteiger partial charge in [-0.1, -0.05) is 0 Å². The molecule has 0 aromatic rings. The Bertz CT molecular complexity index is 137. The molecular formula is C10H20N2. The summed E-state index contributed by atoms with van der Waals surface area (Å²) >= 11 is 0. The molecule has 1 saturated carbocycles. The lowest BCUT2D eigenvalue weighted by molar-refractivity contribution is 0.324. The average molecular weight is 168 g/mol. The minimum absolute atomic E-state index is 0.509. The third-order valence-corrected chi connectivity index (χ3v) is 3.23. The summed E-state index contributed by atoms with van der Waals surface area (Å²) in [5, 5.41) is 3.44. The zero-order valence-corrected chi connectivity index (χ0v) is 7.76. The van der Waals surface area contributed by atoms with E-state index in [1.165, 1.54) is 45.2 Å². The molecule has 70 valence electrons. The summed E-state index contributed by atoms with van der Waals surface area (Å²) in [4.78, 5) is 0. The van der Waals surface area contributed by atoms with Crippen LogP contribution >= 0.6 is 0 Å². The van der Waals surface area contributed by atoms with Gasteiger partial charge in [0.1, 0.15) is 0 Å². The Balaban J connectivity index is 1.69. The highest BCUT2D eigenvalue weighted by molar-refractivity contribution is 4.86. The highest BCUT2D eigenvalue weighted by Gasteiger charge is 2.30. The topological polar surface area (TPSA) is 38.0 Å². The lowest BCUT2D eigenvalue weighted by atomic mass is 9.91. The Morgan fingerprint density at radius 1 is 1.33 bits per heavy atom. The predicted molar refractivity (Wildman–Crippen MR) is 50.9 cm³/mol. The SMILES string of the molecule is NC(CC1CCCNC1)C1CC1. The molecule has 2 nitrogen and oxygen atoms in total. The second-order valence-electron chi connectivity index (χ2n) is 4.45. The van der Waals surface area contributed by atoms with Gasteiger partial charge in [-0.2, -0.15) is 0 Å². The quantitative estimate of drug-likeness (QED) is 0.662. The fourth-order valence-corrected chi connectivity index (χ4v) is 2.23. The van der Waals surface area contributed by atoms with Crippen molar-refractivity contribution in [3.63, 3.8) is 0 Å². The lowest BCUT2D eigenvalue weighted by Crippen LogP contribution is -2.35. The van der Waals surface area contributed by atoms with Gasteiger partial charge in [0.15, 0.2) is 0 Å². The van der Waals surface area contributed by atoms with E-state index in [-0.39, 0.29) is 0 Å². The van der Waals surface area contributed by atoms with Crippen molar-refractivity contribution in [2.75, 3.05) is 13.1 Å². The summed E-state index contributed by atoms with van der Waals surface area (Å²) in [7, 11) is 0. The molecule has 0 spiro atoms. The van der Waals surface area contributed by atoms with Gasteiger partial charge in [-0.05, 0) is 57.0 Å². The molecule has 2 aliphatic rings. The van der Waals surface area contributed by atoms with Crippen LogP contribution in [-0.4, -0.2) is 19.1 Å². The Kier molecular flexibility index (Phi) is 2.66. The van der Waals surface area contributed by atoms with Crippen LogP contribution in [0, 0.1) is 11.8 Å². The zero-order valence-electron chi connectivity index (χ0n) is 7.76. The summed E-state index contributed by atoms with van der Waals surface area (Å²) in [5.41, 5.74) is 6.08. The van der Waals surface area contributed by atoms with Crippen LogP contribution in [0.1, 0.15) is 32.1 Å². The number of nitrogens with one attached hydrogen (secondary N) is 1. The zero-order chi connectivity index (χ0) is 8.39. The Hall–Kier alpha value is -0.0800. The summed E-state index contributed by atoms with van der Waals surface area (Å²) in [6, 6.07) is 0.509. The van der Waals surface area contributed by atoms with Crippen LogP contribution in [0.4, 0.5) is 0 Å². The second kappa shape index (κ2) is 3.75. The third kappa shape index (κ3) is 2.20. The van der Waals surface area contributed by atoms with Gasteiger partial charge in [0, 0.05) is 6.04 Å². The Labute approximate surface area is 74.9 Å². The van der Waals surface area contributed by atoms with Crippen molar-refractivity contribution < 1.29 is 0 Å². The number of piperidine rings is 1. The first-order valence-corrected chi connectivity index (χ1v) is 5.32. The first-order valence-electron chi connectivity index (χ1n) is 5.32. The van der Waals surface area contributed by atoms with Crippen LogP contribution < -0.4 is 11.1 Å². The molecule has 2 heteroatoms. The van der Waals surface area contributed by atoms with E-state index in [0.29, 0.717) is 6.04 Å². The van der Waals surface area contributed by atoms with E-state index in [1.807, 2.05) is 0 Å². The molecule has 2 rings (SSSR count). The number of hydrogen-bond acceptors (Lipinski definition) is 2. The van der Waals surface area contributed by atoms with Crippen LogP contribution in [0.2, 0.25) is 0 Å². The van der Waals surface area contributed by atoms with Gasteiger partial charge in [-0.15, -0.1) is 0 Å². The maximum Gasteiger partial charge on any atom is 0.00702 e. The highest BCUT2D eigenvalue weighted by atomic mass is 14.9. The van der Waals surface area contributed by atoms with E-state index < -0.39 is 0 Å². The molecule has 12 heavy (non-hydrogen) atoms. The first-order chi connectivity index (χ1) is 5.86. The van der Waals surface area contributed by atoms with E-state index in [4.69, 9.17) is 5.73 Å². The molecule has 0 bridgehead atoms. The minimum Gasteiger partial charge on any atom is -0.327 e. The maximum absolute atomic E-state index is 6.08. The van der Waals surface area contributed by atoms with Crippen LogP contribution in [-0.2, 0) is 0 Å². The van der Waals surface area contributed by atoms with Crippen LogP contribution in [0.5, 0.6) is 0 Å². The number of rotatable bonds is 3. The fraction of sp³-hybridized carbons (Fsp3) is 1.00. The number of hydrogen-bond donors (Lipinski definition) is 2. The Morgan fingerprint density at radius 2 is 2.17 bits per heavy atom. The Morgan fingerprint density at radius 3 is 2.75 bits per heavy atom. The predicted octanol–water partition coefficient (Wildman–Crippen LogP) is 1.11. The van der Waals surface area contributed by atoms with Gasteiger partial charge in [0.2, 0.25) is 0 Å². The molecule has 2 fully saturated rings. The van der Waals surface area contributed by atoms with Crippen LogP contribution in [0.25, 0.3) is 0 Å². The molecule has 0 amide bonds. The van der Waals surface area contributed by atoms with E-state index in [1.54, 1.807) is 0 Å². The lowest BCUT2D eigenvalue weighted by Gasteiger charge is -2.25. The molecule has 1 aliphatic heterocycles. The third-order valence-electron chi connectivity index (χ3n) is 3.23. The average Bonchev–Trinajstić information content (AvgIpc) is 2.88. The molecule has 3 N–H and O–H groups in total. The van der Waals surface area contributed by atoms with Gasteiger partial charge in [-0.3, -0.25) is 0 Å². The van der Waals surface area contributed by atoms with Gasteiger partial charge in [-0.25, -0.2) is 0 Å². The first kappa shape index (κ1) is 8.52. The van der Waals surface area contributed by atoms with Gasteiger partial charge in [0.05, 0.1) is 0 Å². The van der Waals surface area contributed by atoms with E-state index in [2.05, 4.69) is 5.32 Å². The van der Waals surface area contributed by atoms with Crippen molar-refractivity contribution >= 4 is 0 Å². The van der Waals surface area contributed by atoms with Crippen molar-refractivity contribution in [1.82, 2.24) is 5.32 Å². The van der Waals surface area contributed by atoms with E-state index in [9.17, 15) is 0 Å². The molecule has 1 aliphatic carbocycles. The molecule has 0 aromatic heterocycles. The second-order valence-corrected chi connectivity index (χ2v) is 4.45. The van der Waals surface area contributed by atoms with Gasteiger partial charge >= 0.3 is 0 Å². The summed E-state index contributed by atoms with van der Waals surface area (Å²) in [6.45, 7) is 2.43. The molecule has 0 radical (unpaired) electrons. The van der Waals surface area contributed by atoms with Gasteiger partial charge in [0.25, 0.3) is 0 Å². The van der Waals surface area contributed by atoms with Crippen molar-refractivity contribution in [2.45, 2.75) is 38.1 Å². The largest absolute Gasteiger partial charge is 0.327 e. The van der Waals surface area contributed by atoms with Crippen molar-refractivity contribution in [1.29, 1.82) is 0 Å². The number of nitrogens with two attached hydrogens (primary N) is 1. The van der Waals surface area contributed by atoms with Crippen LogP contribution in [0.3, 0.4) is 0 Å². The van der Waals surface area contributed by atoms with Gasteiger partial charge < -0.3 is 11.1 Å².